The number of amides is 1. The van der Waals surface area contributed by atoms with E-state index in [1.807, 2.05) is 32.1 Å². The van der Waals surface area contributed by atoms with E-state index >= 15 is 0 Å². The van der Waals surface area contributed by atoms with Gasteiger partial charge >= 0.3 is 0 Å². The molecule has 0 bridgehead atoms. The van der Waals surface area contributed by atoms with Crippen molar-refractivity contribution in [3.8, 4) is 0 Å². The van der Waals surface area contributed by atoms with Crippen molar-refractivity contribution in [3.63, 3.8) is 0 Å². The second kappa shape index (κ2) is 11.0. The molecule has 0 N–H and O–H groups in total. The van der Waals surface area contributed by atoms with Crippen molar-refractivity contribution < 1.29 is 4.79 Å². The summed E-state index contributed by atoms with van der Waals surface area (Å²) in [5, 5.41) is 0. The van der Waals surface area contributed by atoms with Crippen molar-refractivity contribution >= 4 is 17.7 Å². The largest absolute Gasteiger partial charge is 0.378 e. The van der Waals surface area contributed by atoms with E-state index in [2.05, 4.69) is 75.4 Å². The van der Waals surface area contributed by atoms with Gasteiger partial charge in [0.25, 0.3) is 0 Å². The molecule has 1 fully saturated rings. The molecule has 2 aromatic carbocycles. The van der Waals surface area contributed by atoms with Crippen LogP contribution in [0.1, 0.15) is 11.1 Å². The third kappa shape index (κ3) is 6.71. The van der Waals surface area contributed by atoms with Crippen molar-refractivity contribution in [1.82, 2.24) is 14.7 Å². The number of anilines is 1. The van der Waals surface area contributed by atoms with Crippen LogP contribution in [-0.2, 0) is 11.3 Å². The van der Waals surface area contributed by atoms with E-state index in [0.29, 0.717) is 13.1 Å². The van der Waals surface area contributed by atoms with Gasteiger partial charge in [-0.2, -0.15) is 0 Å². The Labute approximate surface area is 181 Å². The van der Waals surface area contributed by atoms with Crippen LogP contribution >= 0.6 is 0 Å². The van der Waals surface area contributed by atoms with Gasteiger partial charge in [-0.25, -0.2) is 0 Å². The fourth-order valence-electron chi connectivity index (χ4n) is 3.61. The molecular weight excluding hydrogens is 372 g/mol. The highest BCUT2D eigenvalue weighted by Crippen LogP contribution is 2.13. The zero-order valence-corrected chi connectivity index (χ0v) is 18.5. The van der Waals surface area contributed by atoms with Gasteiger partial charge in [-0.05, 0) is 23.3 Å². The Bertz CT molecular complexity index is 809. The number of nitrogens with zero attached hydrogens (tertiary/aromatic N) is 4. The van der Waals surface area contributed by atoms with E-state index in [4.69, 9.17) is 0 Å². The second-order valence-corrected chi connectivity index (χ2v) is 8.20. The summed E-state index contributed by atoms with van der Waals surface area (Å²) in [4.78, 5) is 21.3. The lowest BCUT2D eigenvalue weighted by Gasteiger charge is -2.34. The fraction of sp³-hybridized carbons (Fsp3) is 0.400. The Hall–Kier alpha value is -2.63. The predicted molar refractivity (Wildman–Crippen MR) is 126 cm³/mol. The van der Waals surface area contributed by atoms with Gasteiger partial charge < -0.3 is 9.80 Å². The molecular formula is C25H34N4O. The number of carbonyl (C=O) groups is 1. The van der Waals surface area contributed by atoms with Gasteiger partial charge in [0.15, 0.2) is 0 Å². The molecule has 3 rings (SSSR count). The highest BCUT2D eigenvalue weighted by atomic mass is 16.2. The molecule has 1 aliphatic heterocycles. The molecule has 0 saturated carbocycles. The third-order valence-electron chi connectivity index (χ3n) is 5.60. The van der Waals surface area contributed by atoms with E-state index < -0.39 is 0 Å². The minimum absolute atomic E-state index is 0.184. The van der Waals surface area contributed by atoms with Crippen LogP contribution in [0.3, 0.4) is 0 Å². The van der Waals surface area contributed by atoms with Crippen molar-refractivity contribution in [2.24, 2.45) is 0 Å². The molecule has 30 heavy (non-hydrogen) atoms. The summed E-state index contributed by atoms with van der Waals surface area (Å²) >= 11 is 0. The van der Waals surface area contributed by atoms with Gasteiger partial charge in [-0.1, -0.05) is 54.6 Å². The van der Waals surface area contributed by atoms with Crippen molar-refractivity contribution in [2.45, 2.75) is 6.54 Å². The molecule has 0 spiro atoms. The lowest BCUT2D eigenvalue weighted by molar-refractivity contribution is -0.132. The van der Waals surface area contributed by atoms with E-state index in [1.165, 1.54) is 11.3 Å². The number of rotatable bonds is 8. The lowest BCUT2D eigenvalue weighted by atomic mass is 10.2. The quantitative estimate of drug-likeness (QED) is 0.674. The van der Waals surface area contributed by atoms with Gasteiger partial charge in [0.05, 0.1) is 6.54 Å². The van der Waals surface area contributed by atoms with Crippen LogP contribution in [0, 0.1) is 0 Å². The number of hydrogen-bond acceptors (Lipinski definition) is 4. The van der Waals surface area contributed by atoms with Crippen LogP contribution < -0.4 is 4.90 Å². The van der Waals surface area contributed by atoms with Gasteiger partial charge in [-0.15, -0.1) is 0 Å². The number of hydrogen-bond donors (Lipinski definition) is 0. The molecule has 0 atom stereocenters. The summed E-state index contributed by atoms with van der Waals surface area (Å²) in [6.07, 6.45) is 4.40. The van der Waals surface area contributed by atoms with Crippen LogP contribution in [0.15, 0.2) is 60.7 Å². The van der Waals surface area contributed by atoms with Gasteiger partial charge in [0.1, 0.15) is 0 Å². The average Bonchev–Trinajstić information content (AvgIpc) is 2.76. The summed E-state index contributed by atoms with van der Waals surface area (Å²) < 4.78 is 0. The van der Waals surface area contributed by atoms with E-state index in [-0.39, 0.29) is 5.91 Å². The molecule has 1 amide bonds. The highest BCUT2D eigenvalue weighted by molar-refractivity contribution is 5.78. The number of piperazine rings is 1. The Balaban J connectivity index is 1.38. The van der Waals surface area contributed by atoms with Crippen LogP contribution in [0.2, 0.25) is 0 Å². The topological polar surface area (TPSA) is 30.0 Å². The summed E-state index contributed by atoms with van der Waals surface area (Å²) in [5.41, 5.74) is 3.57. The zero-order valence-electron chi connectivity index (χ0n) is 18.5. The molecule has 2 aromatic rings. The van der Waals surface area contributed by atoms with Crippen molar-refractivity contribution in [1.29, 1.82) is 0 Å². The Morgan fingerprint density at radius 1 is 0.900 bits per heavy atom. The van der Waals surface area contributed by atoms with Gasteiger partial charge in [0.2, 0.25) is 5.91 Å². The van der Waals surface area contributed by atoms with Crippen LogP contribution in [0.4, 0.5) is 5.69 Å². The minimum atomic E-state index is 0.184. The first-order valence-corrected chi connectivity index (χ1v) is 10.7. The number of benzene rings is 2. The second-order valence-electron chi connectivity index (χ2n) is 8.20. The molecule has 1 aliphatic rings. The Morgan fingerprint density at radius 2 is 1.53 bits per heavy atom. The molecule has 0 aromatic heterocycles. The van der Waals surface area contributed by atoms with Crippen LogP contribution in [0.5, 0.6) is 0 Å². The van der Waals surface area contributed by atoms with E-state index in [0.717, 1.165) is 38.3 Å². The first-order valence-electron chi connectivity index (χ1n) is 10.7. The van der Waals surface area contributed by atoms with Crippen LogP contribution in [0.25, 0.3) is 6.08 Å². The SMILES string of the molecule is CN(Cc1ccc(N(C)C)cc1)C(=O)CN1CCN(C/C=C/c2ccccc2)CC1. The monoisotopic (exact) mass is 406 g/mol. The smallest absolute Gasteiger partial charge is 0.236 e. The number of carbonyl (C=O) groups excluding carboxylic acids is 1. The molecule has 0 radical (unpaired) electrons. The Morgan fingerprint density at radius 3 is 2.17 bits per heavy atom. The average molecular weight is 407 g/mol. The molecule has 5 heteroatoms. The third-order valence-corrected chi connectivity index (χ3v) is 5.60. The maximum absolute atomic E-state index is 12.7. The molecule has 5 nitrogen and oxygen atoms in total. The number of likely N-dealkylation sites (N-methyl/N-ethyl adjacent to an activating group) is 1. The fourth-order valence-corrected chi connectivity index (χ4v) is 3.61. The van der Waals surface area contributed by atoms with E-state index in [1.54, 1.807) is 0 Å². The maximum Gasteiger partial charge on any atom is 0.236 e. The summed E-state index contributed by atoms with van der Waals surface area (Å²) in [5.74, 6) is 0.184. The van der Waals surface area contributed by atoms with Gasteiger partial charge in [0, 0.05) is 66.1 Å². The van der Waals surface area contributed by atoms with Gasteiger partial charge in [-0.3, -0.25) is 14.6 Å². The molecule has 1 saturated heterocycles. The van der Waals surface area contributed by atoms with Crippen LogP contribution in [-0.4, -0.2) is 81.0 Å². The Kier molecular flexibility index (Phi) is 8.05. The van der Waals surface area contributed by atoms with Crippen molar-refractivity contribution in [3.05, 3.63) is 71.8 Å². The standard InChI is InChI=1S/C25H34N4O/c1-26(2)24-13-11-23(12-14-24)20-27(3)25(30)21-29-18-16-28(17-19-29)15-7-10-22-8-5-4-6-9-22/h4-14H,15-21H2,1-3H3/b10-7+. The molecule has 160 valence electrons. The minimum Gasteiger partial charge on any atom is -0.378 e. The maximum atomic E-state index is 12.7. The lowest BCUT2D eigenvalue weighted by Crippen LogP contribution is -2.49. The predicted octanol–water partition coefficient (Wildman–Crippen LogP) is 3.04. The highest BCUT2D eigenvalue weighted by Gasteiger charge is 2.20. The summed E-state index contributed by atoms with van der Waals surface area (Å²) in [6.45, 7) is 5.99. The zero-order chi connectivity index (χ0) is 21.3. The summed E-state index contributed by atoms with van der Waals surface area (Å²) in [7, 11) is 5.96. The van der Waals surface area contributed by atoms with Crippen molar-refractivity contribution in [2.75, 3.05) is 65.3 Å². The molecule has 0 unspecified atom stereocenters. The molecule has 0 aliphatic carbocycles. The first kappa shape index (κ1) is 22.1. The normalized spacial score (nSPS) is 15.4. The van der Waals surface area contributed by atoms with E-state index in [9.17, 15) is 4.79 Å². The molecule has 1 heterocycles. The summed E-state index contributed by atoms with van der Waals surface area (Å²) in [6, 6.07) is 18.8. The first-order chi connectivity index (χ1) is 14.5.